The molecule has 3 heteroatoms. The number of anilines is 3. The number of hydrogen-bond acceptors (Lipinski definition) is 3. The number of rotatable bonds is 5. The van der Waals surface area contributed by atoms with Crippen LogP contribution in [0.25, 0.3) is 76.9 Å². The first kappa shape index (κ1) is 27.5. The van der Waals surface area contributed by atoms with Crippen molar-refractivity contribution in [3.63, 3.8) is 0 Å². The SMILES string of the molecule is c1ccc(N(c2ccccc2-c2cccc3ccccc23)c2cccc3oc4ccccc4c23)c(-c2ccc3oc4ccccc4c3c2)c1. The van der Waals surface area contributed by atoms with Crippen LogP contribution in [0.15, 0.2) is 185 Å². The lowest BCUT2D eigenvalue weighted by Gasteiger charge is -2.30. The van der Waals surface area contributed by atoms with Crippen LogP contribution in [0.5, 0.6) is 0 Å². The smallest absolute Gasteiger partial charge is 0.137 e. The van der Waals surface area contributed by atoms with Crippen molar-refractivity contribution in [2.45, 2.75) is 0 Å². The molecule has 0 atom stereocenters. The number of furan rings is 2. The van der Waals surface area contributed by atoms with Crippen LogP contribution in [0.2, 0.25) is 0 Å². The molecule has 3 nitrogen and oxygen atoms in total. The molecule has 0 bridgehead atoms. The van der Waals surface area contributed by atoms with Crippen LogP contribution in [0, 0.1) is 0 Å². The van der Waals surface area contributed by atoms with Gasteiger partial charge in [0.1, 0.15) is 22.3 Å². The summed E-state index contributed by atoms with van der Waals surface area (Å²) in [6.07, 6.45) is 0. The van der Waals surface area contributed by atoms with Crippen molar-refractivity contribution in [3.05, 3.63) is 176 Å². The molecule has 0 aliphatic rings. The van der Waals surface area contributed by atoms with E-state index in [1.165, 1.54) is 16.3 Å². The van der Waals surface area contributed by atoms with Crippen LogP contribution in [0.1, 0.15) is 0 Å². The first-order chi connectivity index (χ1) is 24.3. The lowest BCUT2D eigenvalue weighted by molar-refractivity contribution is 0.668. The van der Waals surface area contributed by atoms with E-state index in [0.29, 0.717) is 0 Å². The van der Waals surface area contributed by atoms with Crippen molar-refractivity contribution in [1.29, 1.82) is 0 Å². The predicted molar refractivity (Wildman–Crippen MR) is 204 cm³/mol. The van der Waals surface area contributed by atoms with Gasteiger partial charge in [-0.1, -0.05) is 127 Å². The van der Waals surface area contributed by atoms with E-state index in [2.05, 4.69) is 157 Å². The molecule has 0 radical (unpaired) electrons. The van der Waals surface area contributed by atoms with E-state index < -0.39 is 0 Å². The molecular weight excluding hydrogens is 599 g/mol. The predicted octanol–water partition coefficient (Wildman–Crippen LogP) is 13.4. The average molecular weight is 628 g/mol. The van der Waals surface area contributed by atoms with Crippen LogP contribution >= 0.6 is 0 Å². The second-order valence-corrected chi connectivity index (χ2v) is 12.5. The second-order valence-electron chi connectivity index (χ2n) is 12.5. The fourth-order valence-corrected chi connectivity index (χ4v) is 7.49. The molecule has 0 unspecified atom stereocenters. The summed E-state index contributed by atoms with van der Waals surface area (Å²) in [5.74, 6) is 0. The summed E-state index contributed by atoms with van der Waals surface area (Å²) in [4.78, 5) is 2.43. The van der Waals surface area contributed by atoms with Crippen molar-refractivity contribution in [2.75, 3.05) is 4.90 Å². The number of fused-ring (bicyclic) bond motifs is 7. The van der Waals surface area contributed by atoms with E-state index in [0.717, 1.165) is 77.6 Å². The first-order valence-electron chi connectivity index (χ1n) is 16.6. The second kappa shape index (κ2) is 11.0. The molecular formula is C46H29NO2. The van der Waals surface area contributed by atoms with Gasteiger partial charge >= 0.3 is 0 Å². The third kappa shape index (κ3) is 4.37. The summed E-state index contributed by atoms with van der Waals surface area (Å²) in [5, 5.41) is 6.82. The Kier molecular flexibility index (Phi) is 6.18. The standard InChI is InChI=1S/C46H29NO2/c1-2-15-32-30(13-1)14-11-20-34(32)35-17-4-8-22-40(35)47(41-23-12-26-45-46(41)37-19-6-10-25-43(37)49-45)39-21-7-3-16-33(39)31-27-28-44-38(29-31)36-18-5-9-24-42(36)48-44/h1-29H. The lowest BCUT2D eigenvalue weighted by Crippen LogP contribution is -2.13. The zero-order valence-corrected chi connectivity index (χ0v) is 26.5. The van der Waals surface area contributed by atoms with E-state index in [9.17, 15) is 0 Å². The molecule has 0 saturated carbocycles. The molecule has 10 aromatic rings. The fourth-order valence-electron chi connectivity index (χ4n) is 7.49. The van der Waals surface area contributed by atoms with Crippen LogP contribution in [-0.2, 0) is 0 Å². The minimum atomic E-state index is 0.857. The van der Waals surface area contributed by atoms with Gasteiger partial charge in [-0.15, -0.1) is 0 Å². The number of benzene rings is 8. The molecule has 0 amide bonds. The van der Waals surface area contributed by atoms with E-state index >= 15 is 0 Å². The Morgan fingerprint density at radius 1 is 0.327 bits per heavy atom. The Morgan fingerprint density at radius 2 is 0.857 bits per heavy atom. The summed E-state index contributed by atoms with van der Waals surface area (Å²) in [7, 11) is 0. The monoisotopic (exact) mass is 627 g/mol. The van der Waals surface area contributed by atoms with E-state index in [1.54, 1.807) is 0 Å². The van der Waals surface area contributed by atoms with Gasteiger partial charge in [0.25, 0.3) is 0 Å². The van der Waals surface area contributed by atoms with Crippen molar-refractivity contribution in [3.8, 4) is 22.3 Å². The van der Waals surface area contributed by atoms with Gasteiger partial charge in [-0.3, -0.25) is 0 Å². The minimum absolute atomic E-state index is 0.857. The van der Waals surface area contributed by atoms with Gasteiger partial charge in [-0.25, -0.2) is 0 Å². The largest absolute Gasteiger partial charge is 0.456 e. The van der Waals surface area contributed by atoms with Crippen molar-refractivity contribution in [1.82, 2.24) is 0 Å². The number of nitrogens with zero attached hydrogens (tertiary/aromatic N) is 1. The minimum Gasteiger partial charge on any atom is -0.456 e. The third-order valence-electron chi connectivity index (χ3n) is 9.68. The van der Waals surface area contributed by atoms with Crippen molar-refractivity contribution in [2.24, 2.45) is 0 Å². The highest BCUT2D eigenvalue weighted by molar-refractivity contribution is 6.15. The van der Waals surface area contributed by atoms with Gasteiger partial charge in [0.2, 0.25) is 0 Å². The molecule has 2 heterocycles. The van der Waals surface area contributed by atoms with Gasteiger partial charge in [-0.2, -0.15) is 0 Å². The maximum atomic E-state index is 6.45. The summed E-state index contributed by atoms with van der Waals surface area (Å²) >= 11 is 0. The Labute approximate surface area is 282 Å². The fraction of sp³-hybridized carbons (Fsp3) is 0. The summed E-state index contributed by atoms with van der Waals surface area (Å²) in [5.41, 5.74) is 11.3. The molecule has 0 spiro atoms. The maximum absolute atomic E-state index is 6.45. The molecule has 2 aromatic heterocycles. The van der Waals surface area contributed by atoms with Crippen LogP contribution in [-0.4, -0.2) is 0 Å². The quantitative estimate of drug-likeness (QED) is 0.190. The molecule has 10 rings (SSSR count). The first-order valence-corrected chi connectivity index (χ1v) is 16.6. The zero-order chi connectivity index (χ0) is 32.3. The maximum Gasteiger partial charge on any atom is 0.137 e. The van der Waals surface area contributed by atoms with Gasteiger partial charge in [-0.05, 0) is 70.4 Å². The Bertz CT molecular complexity index is 2850. The molecule has 230 valence electrons. The summed E-state index contributed by atoms with van der Waals surface area (Å²) in [6.45, 7) is 0. The number of hydrogen-bond donors (Lipinski definition) is 0. The van der Waals surface area contributed by atoms with Gasteiger partial charge in [0.15, 0.2) is 0 Å². The van der Waals surface area contributed by atoms with Crippen molar-refractivity contribution < 1.29 is 8.83 Å². The lowest BCUT2D eigenvalue weighted by atomic mass is 9.94. The van der Waals surface area contributed by atoms with E-state index in [-0.39, 0.29) is 0 Å². The Hall–Kier alpha value is -6.58. The van der Waals surface area contributed by atoms with E-state index in [1.807, 2.05) is 24.3 Å². The average Bonchev–Trinajstić information content (AvgIpc) is 3.74. The molecule has 8 aromatic carbocycles. The third-order valence-corrected chi connectivity index (χ3v) is 9.68. The topological polar surface area (TPSA) is 29.5 Å². The van der Waals surface area contributed by atoms with Crippen LogP contribution in [0.4, 0.5) is 17.1 Å². The molecule has 0 aliphatic heterocycles. The molecule has 0 saturated heterocycles. The summed E-state index contributed by atoms with van der Waals surface area (Å²) in [6, 6.07) is 62.1. The highest BCUT2D eigenvalue weighted by atomic mass is 16.3. The van der Waals surface area contributed by atoms with Gasteiger partial charge in [0, 0.05) is 27.3 Å². The van der Waals surface area contributed by atoms with Crippen LogP contribution in [0.3, 0.4) is 0 Å². The highest BCUT2D eigenvalue weighted by Crippen LogP contribution is 2.49. The molecule has 0 fully saturated rings. The zero-order valence-electron chi connectivity index (χ0n) is 26.5. The molecule has 0 N–H and O–H groups in total. The Balaban J connectivity index is 1.29. The van der Waals surface area contributed by atoms with Crippen molar-refractivity contribution >= 4 is 71.7 Å². The molecule has 0 aliphatic carbocycles. The summed E-state index contributed by atoms with van der Waals surface area (Å²) < 4.78 is 12.7. The van der Waals surface area contributed by atoms with Gasteiger partial charge < -0.3 is 13.7 Å². The molecule has 49 heavy (non-hydrogen) atoms. The normalized spacial score (nSPS) is 11.7. The van der Waals surface area contributed by atoms with Crippen LogP contribution < -0.4 is 4.90 Å². The highest BCUT2D eigenvalue weighted by Gasteiger charge is 2.24. The Morgan fingerprint density at radius 3 is 1.71 bits per heavy atom. The van der Waals surface area contributed by atoms with E-state index in [4.69, 9.17) is 8.83 Å². The number of para-hydroxylation sites is 4. The van der Waals surface area contributed by atoms with Gasteiger partial charge in [0.05, 0.1) is 22.4 Å².